The number of rotatable bonds is 15. The third-order valence-electron chi connectivity index (χ3n) is 28.8. The van der Waals surface area contributed by atoms with Gasteiger partial charge in [0.15, 0.2) is 17.5 Å². The number of para-hydroxylation sites is 4. The molecule has 702 valence electrons. The number of thiophene rings is 3. The maximum Gasteiger partial charge on any atom is 0.160 e. The van der Waals surface area contributed by atoms with Crippen LogP contribution < -0.4 is 0 Å². The van der Waals surface area contributed by atoms with Crippen LogP contribution in [0.15, 0.2) is 528 Å². The zero-order valence-corrected chi connectivity index (χ0v) is 83.4. The lowest BCUT2D eigenvalue weighted by Gasteiger charge is -2.11. The Kier molecular flexibility index (Phi) is 22.3. The van der Waals surface area contributed by atoms with Crippen molar-refractivity contribution >= 4 is 160 Å². The van der Waals surface area contributed by atoms with Crippen molar-refractivity contribution in [3.63, 3.8) is 0 Å². The molecule has 0 aliphatic rings. The lowest BCUT2D eigenvalue weighted by atomic mass is 9.96. The van der Waals surface area contributed by atoms with E-state index in [-0.39, 0.29) is 0 Å². The molecule has 0 bridgehead atoms. The van der Waals surface area contributed by atoms with Gasteiger partial charge < -0.3 is 13.7 Å². The van der Waals surface area contributed by atoms with Gasteiger partial charge in [-0.05, 0) is 206 Å². The molecule has 9 nitrogen and oxygen atoms in total. The summed E-state index contributed by atoms with van der Waals surface area (Å²) >= 11 is 5.29. The van der Waals surface area contributed by atoms with Gasteiger partial charge in [-0.1, -0.05) is 388 Å². The van der Waals surface area contributed by atoms with Crippen molar-refractivity contribution < 1.29 is 0 Å². The predicted octanol–water partition coefficient (Wildman–Crippen LogP) is 37.8. The van der Waals surface area contributed by atoms with E-state index in [4.69, 9.17) is 29.9 Å². The molecular weight excluding hydrogens is 1880 g/mol. The van der Waals surface area contributed by atoms with Crippen LogP contribution in [0.4, 0.5) is 0 Å². The molecule has 0 amide bonds. The van der Waals surface area contributed by atoms with Crippen LogP contribution in [0.3, 0.4) is 0 Å². The number of fused-ring (bicyclic) bond motifs is 18. The normalized spacial score (nSPS) is 11.6. The number of hydrogen-bond donors (Lipinski definition) is 0. The molecule has 30 aromatic rings. The average molecular weight is 1970 g/mol. The molecule has 0 aliphatic carbocycles. The first-order valence-electron chi connectivity index (χ1n) is 50.5. The van der Waals surface area contributed by atoms with Crippen molar-refractivity contribution in [1.82, 2.24) is 43.6 Å². The minimum absolute atomic E-state index is 0.716. The van der Waals surface area contributed by atoms with Gasteiger partial charge in [0.2, 0.25) is 0 Å². The summed E-state index contributed by atoms with van der Waals surface area (Å²) in [5.41, 5.74) is 36.8. The Morgan fingerprint density at radius 2 is 0.393 bits per heavy atom. The van der Waals surface area contributed by atoms with Crippen LogP contribution in [0.5, 0.6) is 0 Å². The van der Waals surface area contributed by atoms with E-state index in [0.717, 1.165) is 143 Å². The Balaban J connectivity index is 0.000000109. The maximum atomic E-state index is 5.40. The van der Waals surface area contributed by atoms with E-state index in [9.17, 15) is 0 Å². The Hall–Kier alpha value is -19.1. The first-order chi connectivity index (χ1) is 74.4. The van der Waals surface area contributed by atoms with Crippen LogP contribution in [0.2, 0.25) is 0 Å². The van der Waals surface area contributed by atoms with Crippen molar-refractivity contribution in [3.8, 4) is 152 Å². The quantitative estimate of drug-likeness (QED) is 0.102. The Labute approximate surface area is 876 Å². The van der Waals surface area contributed by atoms with E-state index in [1.165, 1.54) is 129 Å². The second-order valence-corrected chi connectivity index (χ2v) is 41.0. The molecule has 21 aromatic carbocycles. The van der Waals surface area contributed by atoms with E-state index in [2.05, 4.69) is 529 Å². The highest BCUT2D eigenvalue weighted by Gasteiger charge is 2.26. The van der Waals surface area contributed by atoms with Crippen LogP contribution >= 0.6 is 34.0 Å². The first-order valence-corrected chi connectivity index (χ1v) is 52.9. The Morgan fingerprint density at radius 1 is 0.147 bits per heavy atom. The lowest BCUT2D eigenvalue weighted by Crippen LogP contribution is -1.94. The molecule has 0 spiro atoms. The molecule has 150 heavy (non-hydrogen) atoms. The van der Waals surface area contributed by atoms with Crippen LogP contribution in [0.1, 0.15) is 0 Å². The zero-order valence-electron chi connectivity index (χ0n) is 81.0. The van der Waals surface area contributed by atoms with Gasteiger partial charge in [-0.3, -0.25) is 0 Å². The molecular formula is C138H87N9S3. The molecule has 30 rings (SSSR count). The van der Waals surface area contributed by atoms with Crippen LogP contribution in [0.25, 0.3) is 278 Å². The van der Waals surface area contributed by atoms with Gasteiger partial charge in [-0.15, -0.1) is 34.0 Å². The summed E-state index contributed by atoms with van der Waals surface area (Å²) in [6.07, 6.45) is 0. The van der Waals surface area contributed by atoms with Gasteiger partial charge in [-0.2, -0.15) is 0 Å². The molecule has 12 heteroatoms. The number of aromatic nitrogens is 9. The zero-order chi connectivity index (χ0) is 99.1. The highest BCUT2D eigenvalue weighted by molar-refractivity contribution is 7.27. The smallest absolute Gasteiger partial charge is 0.160 e. The summed E-state index contributed by atoms with van der Waals surface area (Å²) in [4.78, 5) is 31.6. The summed E-state index contributed by atoms with van der Waals surface area (Å²) in [7, 11) is 0. The minimum atomic E-state index is 0.716. The van der Waals surface area contributed by atoms with Gasteiger partial charge >= 0.3 is 0 Å². The molecule has 0 radical (unpaired) electrons. The summed E-state index contributed by atoms with van der Waals surface area (Å²) in [6, 6.07) is 188. The minimum Gasteiger partial charge on any atom is -0.309 e. The van der Waals surface area contributed by atoms with E-state index in [0.29, 0.717) is 5.82 Å². The third kappa shape index (κ3) is 16.0. The van der Waals surface area contributed by atoms with Crippen molar-refractivity contribution in [2.45, 2.75) is 0 Å². The summed E-state index contributed by atoms with van der Waals surface area (Å²) in [6.45, 7) is 0. The second kappa shape index (κ2) is 37.8. The van der Waals surface area contributed by atoms with E-state index in [1.54, 1.807) is 34.0 Å². The third-order valence-corrected chi connectivity index (χ3v) is 32.3. The molecule has 9 heterocycles. The molecule has 9 aromatic heterocycles. The summed E-state index contributed by atoms with van der Waals surface area (Å²) < 4.78 is 14.1. The number of nitrogens with zero attached hydrogens (tertiary/aromatic N) is 9. The average Bonchev–Trinajstić information content (AvgIpc) is 1.57. The van der Waals surface area contributed by atoms with Crippen molar-refractivity contribution in [2.75, 3.05) is 0 Å². The fourth-order valence-corrected chi connectivity index (χ4v) is 25.2. The summed E-state index contributed by atoms with van der Waals surface area (Å²) in [5, 5.41) is 10.9. The topological polar surface area (TPSA) is 92.1 Å². The molecule has 0 saturated carbocycles. The van der Waals surface area contributed by atoms with Crippen molar-refractivity contribution in [2.24, 2.45) is 0 Å². The molecule has 0 N–H and O–H groups in total. The number of benzene rings is 21. The largest absolute Gasteiger partial charge is 0.309 e. The predicted molar refractivity (Wildman–Crippen MR) is 633 cm³/mol. The van der Waals surface area contributed by atoms with E-state index in [1.807, 2.05) is 12.1 Å². The van der Waals surface area contributed by atoms with Crippen molar-refractivity contribution in [1.29, 1.82) is 0 Å². The van der Waals surface area contributed by atoms with Gasteiger partial charge in [0.1, 0.15) is 0 Å². The van der Waals surface area contributed by atoms with Gasteiger partial charge in [0.25, 0.3) is 0 Å². The standard InChI is InChI=1S/C52H33N3S.C46H29N3S.C40H25N3S/c1-4-15-34(16-5-1)36-19-12-21-39(31-36)49-51-50(43-25-10-11-28-47(43)56-51)54-52(53-49)40-22-13-20-38(32-40)42-26-14-27-46-48(42)44-33-37(35-17-6-2-7-18-35)29-30-45(44)55(46)41-23-8-3-9-24-41;1-4-13-30(14-5-1)33-23-25-40-38(28-33)39-29-34(24-26-41(39)49(40)36-19-8-3-9-20-36)32-17-12-18-35(27-32)46-47-43(31-15-6-2-7-16-31)45-44(48-46)37-21-10-11-22-42(37)50-45;1-3-12-26(13-4-1)37-39-38(32-19-8-10-21-36(32)44-39)42-40(41-37)29-15-11-14-27(24-29)28-22-23-35-33(25-28)31-18-7-9-20-34(31)43(35)30-16-5-2-6-17-30/h1-33H;1-29H;1-25H. The monoisotopic (exact) mass is 1970 g/mol. The molecule has 0 fully saturated rings. The molecule has 0 saturated heterocycles. The molecule has 0 aliphatic heterocycles. The van der Waals surface area contributed by atoms with Crippen LogP contribution in [0, 0.1) is 0 Å². The first kappa shape index (κ1) is 88.6. The molecule has 0 atom stereocenters. The maximum absolute atomic E-state index is 5.40. The fraction of sp³-hybridized carbons (Fsp3) is 0. The van der Waals surface area contributed by atoms with Gasteiger partial charge in [0, 0.05) is 113 Å². The SMILES string of the molecule is c1ccc(-c2ccc3c(c2)c2cc(-c4cccc(-c5nc(-c6ccccc6)c6sc7ccccc7c6n5)c4)ccc2n3-c2ccccc2)cc1.c1ccc(-c2cccc(-c3nc(-c4cccc(-c5cccc6c5c5cc(-c7ccccc7)ccc5n6-c5ccccc5)c4)nc4c3sc3ccccc34)c2)cc1.c1ccc(-c2nc(-c3cccc(-c4ccc5c(c4)c4ccccc4n5-c4ccccc4)c3)nc3c2sc2ccccc23)cc1. The highest BCUT2D eigenvalue weighted by Crippen LogP contribution is 2.49. The van der Waals surface area contributed by atoms with Gasteiger partial charge in [-0.25, -0.2) is 29.9 Å². The Morgan fingerprint density at radius 3 is 0.793 bits per heavy atom. The van der Waals surface area contributed by atoms with Crippen LogP contribution in [-0.4, -0.2) is 43.6 Å². The lowest BCUT2D eigenvalue weighted by molar-refractivity contribution is 1.18. The van der Waals surface area contributed by atoms with E-state index >= 15 is 0 Å². The Bertz CT molecular complexity index is 10500. The fourth-order valence-electron chi connectivity index (χ4n) is 21.8. The van der Waals surface area contributed by atoms with Gasteiger partial charge in [0.05, 0.1) is 80.8 Å². The second-order valence-electron chi connectivity index (χ2n) is 37.8. The van der Waals surface area contributed by atoms with Crippen molar-refractivity contribution in [3.05, 3.63) is 528 Å². The highest BCUT2D eigenvalue weighted by atomic mass is 32.1. The summed E-state index contributed by atoms with van der Waals surface area (Å²) in [5.74, 6) is 2.19. The molecule has 0 unspecified atom stereocenters. The van der Waals surface area contributed by atoms with E-state index < -0.39 is 0 Å². The van der Waals surface area contributed by atoms with Crippen LogP contribution in [-0.2, 0) is 0 Å². The number of hydrogen-bond acceptors (Lipinski definition) is 9.